The molecule has 1 heterocycles. The zero-order valence-corrected chi connectivity index (χ0v) is 18.3. The Morgan fingerprint density at radius 1 is 0.939 bits per heavy atom. The van der Waals surface area contributed by atoms with Crippen LogP contribution in [0.25, 0.3) is 0 Å². The number of carbonyl (C=O) groups excluding carboxylic acids is 3. The van der Waals surface area contributed by atoms with Gasteiger partial charge in [0.1, 0.15) is 6.04 Å². The number of carbonyl (C=O) groups is 3. The van der Waals surface area contributed by atoms with Crippen molar-refractivity contribution in [3.05, 3.63) is 104 Å². The highest BCUT2D eigenvalue weighted by molar-refractivity contribution is 6.43. The lowest BCUT2D eigenvalue weighted by Gasteiger charge is -2.25. The predicted molar refractivity (Wildman–Crippen MR) is 123 cm³/mol. The molecule has 1 aliphatic rings. The first-order chi connectivity index (χ1) is 15.8. The van der Waals surface area contributed by atoms with Crippen LogP contribution in [0.2, 0.25) is 10.0 Å². The zero-order valence-electron chi connectivity index (χ0n) is 16.8. The molecule has 0 saturated heterocycles. The van der Waals surface area contributed by atoms with Crippen molar-refractivity contribution >= 4 is 52.3 Å². The zero-order chi connectivity index (χ0) is 23.7. The minimum Gasteiger partial charge on any atom is -0.324 e. The predicted octanol–water partition coefficient (Wildman–Crippen LogP) is 4.75. The molecule has 3 aromatic carbocycles. The van der Waals surface area contributed by atoms with E-state index in [1.165, 1.54) is 36.4 Å². The second-order valence-corrected chi connectivity index (χ2v) is 8.11. The summed E-state index contributed by atoms with van der Waals surface area (Å²) in [6.07, 6.45) is 0.0362. The molecule has 1 aliphatic heterocycles. The van der Waals surface area contributed by atoms with Gasteiger partial charge in [-0.05, 0) is 23.8 Å². The first kappa shape index (κ1) is 22.4. The molecular formula is C23H15Cl2N3O5. The molecule has 0 spiro atoms. The molecule has 1 atom stereocenters. The molecule has 0 saturated carbocycles. The largest absolute Gasteiger partial charge is 0.324 e. The Balaban J connectivity index is 1.70. The maximum atomic E-state index is 13.3. The van der Waals surface area contributed by atoms with Crippen molar-refractivity contribution in [1.82, 2.24) is 4.90 Å². The number of halogens is 2. The average Bonchev–Trinajstić information content (AvgIpc) is 3.02. The van der Waals surface area contributed by atoms with E-state index in [2.05, 4.69) is 5.32 Å². The molecule has 8 nitrogen and oxygen atoms in total. The van der Waals surface area contributed by atoms with Gasteiger partial charge in [0, 0.05) is 24.2 Å². The molecule has 166 valence electrons. The number of imide groups is 1. The summed E-state index contributed by atoms with van der Waals surface area (Å²) in [7, 11) is 0. The van der Waals surface area contributed by atoms with Gasteiger partial charge in [-0.25, -0.2) is 0 Å². The van der Waals surface area contributed by atoms with Gasteiger partial charge in [0.25, 0.3) is 17.5 Å². The van der Waals surface area contributed by atoms with Crippen LogP contribution in [0.4, 0.5) is 11.4 Å². The van der Waals surface area contributed by atoms with Gasteiger partial charge >= 0.3 is 0 Å². The number of nitrogens with zero attached hydrogens (tertiary/aromatic N) is 2. The monoisotopic (exact) mass is 483 g/mol. The third kappa shape index (κ3) is 4.44. The Hall–Kier alpha value is -3.75. The summed E-state index contributed by atoms with van der Waals surface area (Å²) >= 11 is 12.0. The molecule has 0 radical (unpaired) electrons. The van der Waals surface area contributed by atoms with E-state index in [4.69, 9.17) is 23.2 Å². The summed E-state index contributed by atoms with van der Waals surface area (Å²) < 4.78 is 0. The van der Waals surface area contributed by atoms with Crippen LogP contribution < -0.4 is 5.32 Å². The Morgan fingerprint density at radius 3 is 2.12 bits per heavy atom. The number of non-ortho nitro benzene ring substituents is 1. The van der Waals surface area contributed by atoms with Gasteiger partial charge in [-0.1, -0.05) is 59.6 Å². The maximum absolute atomic E-state index is 13.3. The average molecular weight is 484 g/mol. The molecule has 10 heteroatoms. The molecule has 0 aromatic heterocycles. The molecule has 3 amide bonds. The molecule has 0 aliphatic carbocycles. The van der Waals surface area contributed by atoms with Gasteiger partial charge in [0.2, 0.25) is 5.91 Å². The first-order valence-electron chi connectivity index (χ1n) is 9.72. The summed E-state index contributed by atoms with van der Waals surface area (Å²) in [6.45, 7) is 0. The molecule has 1 unspecified atom stereocenters. The number of fused-ring (bicyclic) bond motifs is 1. The normalized spacial score (nSPS) is 13.6. The van der Waals surface area contributed by atoms with Crippen molar-refractivity contribution in [2.75, 3.05) is 5.32 Å². The number of hydrogen-bond acceptors (Lipinski definition) is 5. The second kappa shape index (κ2) is 9.01. The number of nitro groups is 1. The Kier molecular flexibility index (Phi) is 6.13. The van der Waals surface area contributed by atoms with E-state index >= 15 is 0 Å². The summed E-state index contributed by atoms with van der Waals surface area (Å²) in [5.41, 5.74) is 0.767. The number of nitro benzene ring substituents is 1. The van der Waals surface area contributed by atoms with Gasteiger partial charge in [0.15, 0.2) is 0 Å². The van der Waals surface area contributed by atoms with Crippen molar-refractivity contribution in [2.45, 2.75) is 12.5 Å². The molecular weight excluding hydrogens is 469 g/mol. The molecule has 4 rings (SSSR count). The molecule has 3 aromatic rings. The Morgan fingerprint density at radius 2 is 1.55 bits per heavy atom. The lowest BCUT2D eigenvalue weighted by atomic mass is 10.0. The fraction of sp³-hybridized carbons (Fsp3) is 0.0870. The van der Waals surface area contributed by atoms with E-state index in [1.807, 2.05) is 0 Å². The van der Waals surface area contributed by atoms with E-state index < -0.39 is 28.7 Å². The summed E-state index contributed by atoms with van der Waals surface area (Å²) in [6, 6.07) is 15.6. The Labute approximate surface area is 197 Å². The lowest BCUT2D eigenvalue weighted by Crippen LogP contribution is -2.48. The van der Waals surface area contributed by atoms with Crippen molar-refractivity contribution in [2.24, 2.45) is 0 Å². The molecule has 33 heavy (non-hydrogen) atoms. The Bertz CT molecular complexity index is 1260. The minimum absolute atomic E-state index is 0.0362. The maximum Gasteiger partial charge on any atom is 0.271 e. The summed E-state index contributed by atoms with van der Waals surface area (Å²) in [4.78, 5) is 50.9. The van der Waals surface area contributed by atoms with E-state index in [0.717, 1.165) is 4.90 Å². The highest BCUT2D eigenvalue weighted by Gasteiger charge is 2.43. The van der Waals surface area contributed by atoms with E-state index in [1.54, 1.807) is 30.3 Å². The number of nitrogens with one attached hydrogen (secondary N) is 1. The van der Waals surface area contributed by atoms with Crippen LogP contribution in [0.3, 0.4) is 0 Å². The third-order valence-corrected chi connectivity index (χ3v) is 5.89. The van der Waals surface area contributed by atoms with Gasteiger partial charge in [-0.3, -0.25) is 29.4 Å². The van der Waals surface area contributed by atoms with Crippen molar-refractivity contribution in [3.8, 4) is 0 Å². The highest BCUT2D eigenvalue weighted by Crippen LogP contribution is 2.33. The second-order valence-electron chi connectivity index (χ2n) is 7.29. The van der Waals surface area contributed by atoms with Gasteiger partial charge in [-0.15, -0.1) is 0 Å². The summed E-state index contributed by atoms with van der Waals surface area (Å²) in [5.74, 6) is -2.03. The van der Waals surface area contributed by atoms with Crippen LogP contribution in [-0.4, -0.2) is 33.6 Å². The van der Waals surface area contributed by atoms with Crippen LogP contribution in [0.15, 0.2) is 66.7 Å². The van der Waals surface area contributed by atoms with Crippen LogP contribution in [0.5, 0.6) is 0 Å². The van der Waals surface area contributed by atoms with Crippen molar-refractivity contribution < 1.29 is 19.3 Å². The van der Waals surface area contributed by atoms with Crippen LogP contribution in [-0.2, 0) is 11.2 Å². The summed E-state index contributed by atoms with van der Waals surface area (Å²) in [5, 5.41) is 13.9. The third-order valence-electron chi connectivity index (χ3n) is 5.17. The van der Waals surface area contributed by atoms with Gasteiger partial charge < -0.3 is 5.32 Å². The smallest absolute Gasteiger partial charge is 0.271 e. The number of amides is 3. The molecule has 0 fully saturated rings. The van der Waals surface area contributed by atoms with Gasteiger partial charge in [0.05, 0.1) is 26.1 Å². The lowest BCUT2D eigenvalue weighted by molar-refractivity contribution is -0.384. The number of benzene rings is 3. The van der Waals surface area contributed by atoms with E-state index in [-0.39, 0.29) is 39.0 Å². The fourth-order valence-electron chi connectivity index (χ4n) is 3.60. The molecule has 0 bridgehead atoms. The van der Waals surface area contributed by atoms with E-state index in [9.17, 15) is 24.5 Å². The quantitative estimate of drug-likeness (QED) is 0.309. The molecule has 1 N–H and O–H groups in total. The van der Waals surface area contributed by atoms with Crippen LogP contribution >= 0.6 is 23.2 Å². The number of anilines is 1. The first-order valence-corrected chi connectivity index (χ1v) is 10.5. The fourth-order valence-corrected chi connectivity index (χ4v) is 3.92. The minimum atomic E-state index is -1.23. The van der Waals surface area contributed by atoms with Gasteiger partial charge in [-0.2, -0.15) is 0 Å². The number of hydrogen-bond donors (Lipinski definition) is 1. The topological polar surface area (TPSA) is 110 Å². The standard InChI is InChI=1S/C23H15Cl2N3O5/c24-18-11-16-17(12-19(18)25)23(31)27(22(16)30)20(9-13-5-2-1-3-6-13)21(29)26-14-7-4-8-15(10-14)28(32)33/h1-8,10-12,20H,9H2,(H,26,29). The highest BCUT2D eigenvalue weighted by atomic mass is 35.5. The SMILES string of the molecule is O=C(Nc1cccc([N+](=O)[O-])c1)C(Cc1ccccc1)N1C(=O)c2cc(Cl)c(Cl)cc2C1=O. The van der Waals surface area contributed by atoms with Crippen molar-refractivity contribution in [1.29, 1.82) is 0 Å². The van der Waals surface area contributed by atoms with E-state index in [0.29, 0.717) is 5.56 Å². The van der Waals surface area contributed by atoms with Crippen LogP contribution in [0.1, 0.15) is 26.3 Å². The van der Waals surface area contributed by atoms with Crippen LogP contribution in [0, 0.1) is 10.1 Å². The van der Waals surface area contributed by atoms with Crippen molar-refractivity contribution in [3.63, 3.8) is 0 Å². The number of rotatable bonds is 6.